The summed E-state index contributed by atoms with van der Waals surface area (Å²) in [5, 5.41) is 7.60. The lowest BCUT2D eigenvalue weighted by atomic mass is 10.1. The monoisotopic (exact) mass is 474 g/mol. The Hall–Kier alpha value is -3.03. The first-order valence-corrected chi connectivity index (χ1v) is 12.8. The molecular weight excluding hydrogens is 444 g/mol. The maximum absolute atomic E-state index is 13.4. The summed E-state index contributed by atoms with van der Waals surface area (Å²) in [5.41, 5.74) is 5.16. The molecule has 34 heavy (non-hydrogen) atoms. The van der Waals surface area contributed by atoms with Gasteiger partial charge >= 0.3 is 0 Å². The van der Waals surface area contributed by atoms with E-state index in [4.69, 9.17) is 9.72 Å². The Morgan fingerprint density at radius 1 is 1.24 bits per heavy atom. The number of aromatic nitrogens is 3. The van der Waals surface area contributed by atoms with Gasteiger partial charge in [-0.05, 0) is 67.5 Å². The van der Waals surface area contributed by atoms with Crippen LogP contribution in [0.2, 0.25) is 0 Å². The fraction of sp³-hybridized carbons (Fsp3) is 0.370. The molecule has 0 aliphatic carbocycles. The zero-order valence-corrected chi connectivity index (χ0v) is 20.6. The van der Waals surface area contributed by atoms with Crippen LogP contribution in [0.4, 0.5) is 0 Å². The van der Waals surface area contributed by atoms with Crippen LogP contribution < -0.4 is 0 Å². The molecule has 0 N–H and O–H groups in total. The fourth-order valence-corrected chi connectivity index (χ4v) is 5.27. The molecule has 176 valence electrons. The molecule has 4 aromatic rings. The highest BCUT2D eigenvalue weighted by Gasteiger charge is 2.24. The molecule has 6 nitrogen and oxygen atoms in total. The number of benzene rings is 1. The maximum atomic E-state index is 13.4. The quantitative estimate of drug-likeness (QED) is 0.344. The second kappa shape index (κ2) is 10.1. The number of thiophene rings is 1. The number of fused-ring (bicyclic) bond motifs is 1. The van der Waals surface area contributed by atoms with Crippen molar-refractivity contribution in [3.63, 3.8) is 0 Å². The van der Waals surface area contributed by atoms with Gasteiger partial charge in [-0.3, -0.25) is 9.48 Å². The Bertz CT molecular complexity index is 1280. The average Bonchev–Trinajstić information content (AvgIpc) is 3.60. The van der Waals surface area contributed by atoms with Crippen molar-refractivity contribution in [3.05, 3.63) is 70.9 Å². The van der Waals surface area contributed by atoms with Gasteiger partial charge in [0.15, 0.2) is 0 Å². The lowest BCUT2D eigenvalue weighted by Crippen LogP contribution is -2.37. The highest BCUT2D eigenvalue weighted by atomic mass is 32.1. The summed E-state index contributed by atoms with van der Waals surface area (Å²) >= 11 is 1.68. The molecule has 4 heterocycles. The number of hydrogen-bond acceptors (Lipinski definition) is 5. The van der Waals surface area contributed by atoms with E-state index in [0.29, 0.717) is 26.1 Å². The summed E-state index contributed by atoms with van der Waals surface area (Å²) in [6.45, 7) is 6.51. The normalized spacial score (nSPS) is 15.8. The van der Waals surface area contributed by atoms with Gasteiger partial charge in [-0.25, -0.2) is 4.98 Å². The van der Waals surface area contributed by atoms with Crippen LogP contribution in [0.5, 0.6) is 0 Å². The number of amides is 1. The van der Waals surface area contributed by atoms with E-state index in [9.17, 15) is 4.79 Å². The zero-order chi connectivity index (χ0) is 23.5. The van der Waals surface area contributed by atoms with Crippen LogP contribution in [0.25, 0.3) is 21.5 Å². The Kier molecular flexibility index (Phi) is 6.74. The topological polar surface area (TPSA) is 60.2 Å². The number of hydrogen-bond donors (Lipinski definition) is 0. The first-order chi connectivity index (χ1) is 16.5. The summed E-state index contributed by atoms with van der Waals surface area (Å²) in [6, 6.07) is 14.7. The third kappa shape index (κ3) is 5.21. The van der Waals surface area contributed by atoms with Gasteiger partial charge in [-0.15, -0.1) is 11.3 Å². The van der Waals surface area contributed by atoms with Gasteiger partial charge in [-0.2, -0.15) is 5.10 Å². The number of carbonyl (C=O) groups excluding carboxylic acids is 1. The zero-order valence-electron chi connectivity index (χ0n) is 19.7. The van der Waals surface area contributed by atoms with Crippen molar-refractivity contribution in [1.29, 1.82) is 0 Å². The van der Waals surface area contributed by atoms with Crippen molar-refractivity contribution in [2.45, 2.75) is 52.3 Å². The first kappa shape index (κ1) is 22.7. The van der Waals surface area contributed by atoms with Crippen LogP contribution in [0.1, 0.15) is 36.1 Å². The minimum absolute atomic E-state index is 0.0946. The summed E-state index contributed by atoms with van der Waals surface area (Å²) in [4.78, 5) is 21.6. The van der Waals surface area contributed by atoms with Crippen LogP contribution >= 0.6 is 11.3 Å². The molecule has 1 saturated heterocycles. The van der Waals surface area contributed by atoms with E-state index < -0.39 is 0 Å². The van der Waals surface area contributed by atoms with E-state index in [1.54, 1.807) is 11.3 Å². The summed E-state index contributed by atoms with van der Waals surface area (Å²) in [5.74, 6) is 0.116. The average molecular weight is 475 g/mol. The summed E-state index contributed by atoms with van der Waals surface area (Å²) < 4.78 is 7.74. The van der Waals surface area contributed by atoms with Gasteiger partial charge in [0, 0.05) is 44.2 Å². The van der Waals surface area contributed by atoms with Crippen molar-refractivity contribution in [2.75, 3.05) is 13.2 Å². The molecule has 1 atom stereocenters. The van der Waals surface area contributed by atoms with Crippen molar-refractivity contribution < 1.29 is 9.53 Å². The highest BCUT2D eigenvalue weighted by Crippen LogP contribution is 2.31. The molecule has 0 spiro atoms. The summed E-state index contributed by atoms with van der Waals surface area (Å²) in [7, 11) is 0. The third-order valence-electron chi connectivity index (χ3n) is 6.30. The Balaban J connectivity index is 1.45. The number of rotatable bonds is 8. The van der Waals surface area contributed by atoms with E-state index in [0.717, 1.165) is 52.2 Å². The molecule has 1 aromatic carbocycles. The van der Waals surface area contributed by atoms with Crippen molar-refractivity contribution in [1.82, 2.24) is 19.7 Å². The van der Waals surface area contributed by atoms with Gasteiger partial charge < -0.3 is 9.64 Å². The van der Waals surface area contributed by atoms with E-state index in [1.807, 2.05) is 34.8 Å². The van der Waals surface area contributed by atoms with E-state index in [2.05, 4.69) is 47.7 Å². The van der Waals surface area contributed by atoms with Crippen LogP contribution in [0.3, 0.4) is 0 Å². The molecule has 1 fully saturated rings. The molecule has 3 aromatic heterocycles. The van der Waals surface area contributed by atoms with Gasteiger partial charge in [0.2, 0.25) is 5.91 Å². The second-order valence-electron chi connectivity index (χ2n) is 9.05. The van der Waals surface area contributed by atoms with E-state index >= 15 is 0 Å². The molecule has 1 amide bonds. The molecular formula is C27H30N4O2S. The minimum atomic E-state index is 0.0946. The lowest BCUT2D eigenvalue weighted by molar-refractivity contribution is -0.133. The predicted octanol–water partition coefficient (Wildman–Crippen LogP) is 5.37. The third-order valence-corrected chi connectivity index (χ3v) is 7.17. The van der Waals surface area contributed by atoms with Gasteiger partial charge in [-0.1, -0.05) is 18.2 Å². The lowest BCUT2D eigenvalue weighted by Gasteiger charge is -2.26. The van der Waals surface area contributed by atoms with Gasteiger partial charge in [0.05, 0.1) is 27.9 Å². The first-order valence-electron chi connectivity index (χ1n) is 11.9. The second-order valence-corrected chi connectivity index (χ2v) is 10.00. The Labute approximate surface area is 204 Å². The van der Waals surface area contributed by atoms with Crippen molar-refractivity contribution in [2.24, 2.45) is 0 Å². The van der Waals surface area contributed by atoms with Gasteiger partial charge in [0.1, 0.15) is 0 Å². The number of carbonyl (C=O) groups is 1. The minimum Gasteiger partial charge on any atom is -0.376 e. The highest BCUT2D eigenvalue weighted by molar-refractivity contribution is 7.13. The van der Waals surface area contributed by atoms with Crippen molar-refractivity contribution in [3.8, 4) is 10.6 Å². The van der Waals surface area contributed by atoms with Crippen molar-refractivity contribution >= 4 is 28.1 Å². The number of pyridine rings is 1. The molecule has 5 rings (SSSR count). The molecule has 0 radical (unpaired) electrons. The maximum Gasteiger partial charge on any atom is 0.224 e. The van der Waals surface area contributed by atoms with E-state index in [-0.39, 0.29) is 12.0 Å². The number of aryl methyl sites for hydroxylation is 3. The molecule has 7 heteroatoms. The fourth-order valence-electron chi connectivity index (χ4n) is 4.52. The SMILES string of the molecule is Cc1ccc2cc(CN(C[C@@H]3CCCO3)C(=O)CCn3ccc(C)n3)c(-c3cccs3)nc2c1. The molecule has 0 saturated carbocycles. The van der Waals surface area contributed by atoms with Gasteiger partial charge in [0.25, 0.3) is 0 Å². The smallest absolute Gasteiger partial charge is 0.224 e. The Morgan fingerprint density at radius 3 is 2.88 bits per heavy atom. The molecule has 0 unspecified atom stereocenters. The van der Waals surface area contributed by atoms with Crippen LogP contribution in [-0.4, -0.2) is 44.8 Å². The standard InChI is InChI=1S/C27H30N4O2S/c1-19-7-8-21-16-22(27(28-24(21)15-19)25-6-4-14-34-25)17-30(18-23-5-3-13-33-23)26(32)10-12-31-11-9-20(2)29-31/h4,6-9,11,14-16,23H,3,5,10,12-13,17-18H2,1-2H3/t23-/m0/s1. The van der Waals surface area contributed by atoms with Crippen LogP contribution in [-0.2, 0) is 22.6 Å². The molecule has 1 aliphatic heterocycles. The predicted molar refractivity (Wildman–Crippen MR) is 136 cm³/mol. The van der Waals surface area contributed by atoms with E-state index in [1.165, 1.54) is 5.56 Å². The Morgan fingerprint density at radius 2 is 2.15 bits per heavy atom. The number of ether oxygens (including phenoxy) is 1. The number of nitrogens with zero attached hydrogens (tertiary/aromatic N) is 4. The molecule has 0 bridgehead atoms. The summed E-state index contributed by atoms with van der Waals surface area (Å²) in [6.07, 6.45) is 4.47. The largest absolute Gasteiger partial charge is 0.376 e. The molecule has 1 aliphatic rings. The van der Waals surface area contributed by atoms with Crippen LogP contribution in [0, 0.1) is 13.8 Å². The van der Waals surface area contributed by atoms with Crippen LogP contribution in [0.15, 0.2) is 54.0 Å².